The number of nitrogens with zero attached hydrogens (tertiary/aromatic N) is 4. The average molecular weight is 342 g/mol. The lowest BCUT2D eigenvalue weighted by atomic mass is 9.87. The summed E-state index contributed by atoms with van der Waals surface area (Å²) in [5.74, 6) is 2.04. The molecule has 5 nitrogen and oxygen atoms in total. The maximum atomic E-state index is 9.54. The van der Waals surface area contributed by atoms with Gasteiger partial charge < -0.3 is 9.30 Å². The van der Waals surface area contributed by atoms with Crippen LogP contribution in [-0.2, 0) is 13.7 Å². The molecule has 0 amide bonds. The quantitative estimate of drug-likeness (QED) is 0.744. The van der Waals surface area contributed by atoms with Crippen LogP contribution in [0.3, 0.4) is 0 Å². The fourth-order valence-corrected chi connectivity index (χ4v) is 4.11. The Morgan fingerprint density at radius 2 is 2.00 bits per heavy atom. The van der Waals surface area contributed by atoms with Crippen LogP contribution >= 0.6 is 11.8 Å². The van der Waals surface area contributed by atoms with Crippen molar-refractivity contribution in [1.29, 1.82) is 5.26 Å². The van der Waals surface area contributed by atoms with Crippen LogP contribution in [0.4, 0.5) is 0 Å². The number of thioether (sulfide) groups is 1. The molecule has 3 rings (SSSR count). The number of ether oxygens (including phenoxy) is 1. The van der Waals surface area contributed by atoms with Crippen LogP contribution in [0.1, 0.15) is 37.9 Å². The summed E-state index contributed by atoms with van der Waals surface area (Å²) in [6.07, 6.45) is 6.06. The Morgan fingerprint density at radius 3 is 2.71 bits per heavy atom. The Balaban J connectivity index is 1.62. The first-order valence-electron chi connectivity index (χ1n) is 8.40. The fourth-order valence-electron chi connectivity index (χ4n) is 3.02. The maximum absolute atomic E-state index is 9.54. The molecule has 0 bridgehead atoms. The number of para-hydroxylation sites is 1. The molecule has 0 aliphatic heterocycles. The fraction of sp³-hybridized carbons (Fsp3) is 0.500. The van der Waals surface area contributed by atoms with Crippen LogP contribution in [0.2, 0.25) is 0 Å². The molecule has 6 heteroatoms. The number of hydrogen-bond acceptors (Lipinski definition) is 5. The number of rotatable bonds is 6. The summed E-state index contributed by atoms with van der Waals surface area (Å²) in [7, 11) is 1.93. The van der Waals surface area contributed by atoms with E-state index < -0.39 is 0 Å². The standard InChI is InChI=1S/C18H22N4OS/c1-22-17(13-23-15-10-6-3-7-11-15)20-21-18(22)24-16(12-19)14-8-4-2-5-9-14/h3,6-7,10-11,14,16H,2,4-5,8-9,13H2,1H3. The van der Waals surface area contributed by atoms with Gasteiger partial charge in [-0.2, -0.15) is 5.26 Å². The van der Waals surface area contributed by atoms with Crippen molar-refractivity contribution >= 4 is 11.8 Å². The molecule has 0 radical (unpaired) electrons. The van der Waals surface area contributed by atoms with Crippen molar-refractivity contribution < 1.29 is 4.74 Å². The molecule has 1 atom stereocenters. The number of aromatic nitrogens is 3. The van der Waals surface area contributed by atoms with E-state index in [1.165, 1.54) is 31.0 Å². The molecular weight excluding hydrogens is 320 g/mol. The van der Waals surface area contributed by atoms with Crippen LogP contribution in [0, 0.1) is 17.2 Å². The molecule has 0 spiro atoms. The zero-order valence-corrected chi connectivity index (χ0v) is 14.7. The predicted octanol–water partition coefficient (Wildman–Crippen LogP) is 3.96. The first-order chi connectivity index (χ1) is 11.8. The van der Waals surface area contributed by atoms with Crippen molar-refractivity contribution in [3.8, 4) is 11.8 Å². The molecule has 1 aliphatic rings. The van der Waals surface area contributed by atoms with Gasteiger partial charge >= 0.3 is 0 Å². The van der Waals surface area contributed by atoms with E-state index in [0.29, 0.717) is 12.5 Å². The highest BCUT2D eigenvalue weighted by atomic mass is 32.2. The number of benzene rings is 1. The SMILES string of the molecule is Cn1c(COc2ccccc2)nnc1SC(C#N)C1CCCCC1. The van der Waals surface area contributed by atoms with E-state index in [4.69, 9.17) is 4.74 Å². The van der Waals surface area contributed by atoms with Crippen molar-refractivity contribution in [2.75, 3.05) is 0 Å². The topological polar surface area (TPSA) is 63.7 Å². The third kappa shape index (κ3) is 4.09. The predicted molar refractivity (Wildman–Crippen MR) is 93.6 cm³/mol. The Bertz CT molecular complexity index is 689. The zero-order valence-electron chi connectivity index (χ0n) is 13.9. The van der Waals surface area contributed by atoms with Crippen LogP contribution in [0.5, 0.6) is 5.75 Å². The molecule has 1 unspecified atom stereocenters. The molecule has 1 aromatic heterocycles. The van der Waals surface area contributed by atoms with Gasteiger partial charge in [0.1, 0.15) is 17.6 Å². The molecule has 1 aromatic carbocycles. The van der Waals surface area contributed by atoms with E-state index in [0.717, 1.165) is 29.6 Å². The minimum atomic E-state index is -0.0453. The maximum Gasteiger partial charge on any atom is 0.192 e. The second-order valence-corrected chi connectivity index (χ2v) is 7.23. The third-order valence-corrected chi connectivity index (χ3v) is 5.78. The van der Waals surface area contributed by atoms with Gasteiger partial charge in [0.15, 0.2) is 11.0 Å². The third-order valence-electron chi connectivity index (χ3n) is 4.47. The second-order valence-electron chi connectivity index (χ2n) is 6.13. The van der Waals surface area contributed by atoms with Gasteiger partial charge in [0.2, 0.25) is 0 Å². The summed E-state index contributed by atoms with van der Waals surface area (Å²) in [5.41, 5.74) is 0. The summed E-state index contributed by atoms with van der Waals surface area (Å²) < 4.78 is 7.67. The summed E-state index contributed by atoms with van der Waals surface area (Å²) in [5, 5.41) is 18.8. The van der Waals surface area contributed by atoms with Crippen LogP contribution in [0.25, 0.3) is 0 Å². The molecule has 0 N–H and O–H groups in total. The minimum absolute atomic E-state index is 0.0453. The molecule has 24 heavy (non-hydrogen) atoms. The smallest absolute Gasteiger partial charge is 0.192 e. The Morgan fingerprint density at radius 1 is 1.25 bits per heavy atom. The van der Waals surface area contributed by atoms with E-state index in [2.05, 4.69) is 16.3 Å². The van der Waals surface area contributed by atoms with Crippen molar-refractivity contribution in [3.63, 3.8) is 0 Å². The summed E-state index contributed by atoms with van der Waals surface area (Å²) in [6, 6.07) is 12.1. The first-order valence-corrected chi connectivity index (χ1v) is 9.28. The van der Waals surface area contributed by atoms with Crippen LogP contribution in [-0.4, -0.2) is 20.0 Å². The van der Waals surface area contributed by atoms with Crippen molar-refractivity contribution in [3.05, 3.63) is 36.2 Å². The molecule has 1 heterocycles. The van der Waals surface area contributed by atoms with Gasteiger partial charge in [-0.05, 0) is 30.9 Å². The lowest BCUT2D eigenvalue weighted by Crippen LogP contribution is -2.19. The molecule has 1 aliphatic carbocycles. The van der Waals surface area contributed by atoms with E-state index >= 15 is 0 Å². The van der Waals surface area contributed by atoms with Gasteiger partial charge in [-0.1, -0.05) is 49.2 Å². The molecule has 0 saturated heterocycles. The van der Waals surface area contributed by atoms with E-state index in [-0.39, 0.29) is 5.25 Å². The highest BCUT2D eigenvalue weighted by molar-refractivity contribution is 8.00. The first kappa shape index (κ1) is 16.8. The lowest BCUT2D eigenvalue weighted by molar-refractivity contribution is 0.290. The van der Waals surface area contributed by atoms with Gasteiger partial charge in [-0.15, -0.1) is 10.2 Å². The van der Waals surface area contributed by atoms with Crippen molar-refractivity contribution in [2.45, 2.75) is 49.1 Å². The van der Waals surface area contributed by atoms with Gasteiger partial charge in [-0.25, -0.2) is 0 Å². The van der Waals surface area contributed by atoms with Gasteiger partial charge in [-0.3, -0.25) is 0 Å². The largest absolute Gasteiger partial charge is 0.486 e. The average Bonchev–Trinajstić information content (AvgIpc) is 2.99. The Labute approximate surface area is 147 Å². The van der Waals surface area contributed by atoms with Crippen molar-refractivity contribution in [1.82, 2.24) is 14.8 Å². The second kappa shape index (κ2) is 8.20. The Kier molecular flexibility index (Phi) is 5.76. The minimum Gasteiger partial charge on any atom is -0.486 e. The highest BCUT2D eigenvalue weighted by Gasteiger charge is 2.26. The van der Waals surface area contributed by atoms with Crippen LogP contribution in [0.15, 0.2) is 35.5 Å². The van der Waals surface area contributed by atoms with E-state index in [1.807, 2.05) is 41.9 Å². The number of hydrogen-bond donors (Lipinski definition) is 0. The molecule has 1 fully saturated rings. The molecule has 126 valence electrons. The Hall–Kier alpha value is -2.00. The van der Waals surface area contributed by atoms with Crippen molar-refractivity contribution in [2.24, 2.45) is 13.0 Å². The van der Waals surface area contributed by atoms with E-state index in [1.54, 1.807) is 0 Å². The van der Waals surface area contributed by atoms with Gasteiger partial charge in [0.05, 0.1) is 6.07 Å². The normalized spacial score (nSPS) is 16.5. The summed E-state index contributed by atoms with van der Waals surface area (Å²) in [4.78, 5) is 0. The monoisotopic (exact) mass is 342 g/mol. The summed E-state index contributed by atoms with van der Waals surface area (Å²) >= 11 is 1.54. The van der Waals surface area contributed by atoms with E-state index in [9.17, 15) is 5.26 Å². The van der Waals surface area contributed by atoms with Gasteiger partial charge in [0, 0.05) is 7.05 Å². The highest BCUT2D eigenvalue weighted by Crippen LogP contribution is 2.35. The zero-order chi connectivity index (χ0) is 16.8. The van der Waals surface area contributed by atoms with Crippen LogP contribution < -0.4 is 4.74 Å². The summed E-state index contributed by atoms with van der Waals surface area (Å²) in [6.45, 7) is 0.370. The molecular formula is C18H22N4OS. The lowest BCUT2D eigenvalue weighted by Gasteiger charge is -2.24. The molecule has 2 aromatic rings. The number of nitriles is 1. The van der Waals surface area contributed by atoms with Gasteiger partial charge in [0.25, 0.3) is 0 Å². The molecule has 1 saturated carbocycles.